The number of hydrogen-bond acceptors (Lipinski definition) is 2. The van der Waals surface area contributed by atoms with Crippen LogP contribution in [0.2, 0.25) is 0 Å². The second-order valence-corrected chi connectivity index (χ2v) is 7.51. The maximum atomic E-state index is 13.5. The van der Waals surface area contributed by atoms with Crippen molar-refractivity contribution in [2.75, 3.05) is 18.4 Å². The van der Waals surface area contributed by atoms with Crippen molar-refractivity contribution in [3.63, 3.8) is 0 Å². The van der Waals surface area contributed by atoms with Crippen molar-refractivity contribution < 1.29 is 8.78 Å². The molecule has 1 atom stereocenters. The molecular formula is C25H35F2N3. The van der Waals surface area contributed by atoms with E-state index in [4.69, 9.17) is 11.4 Å². The Kier molecular flexibility index (Phi) is 10.9. The summed E-state index contributed by atoms with van der Waals surface area (Å²) < 4.78 is 27.1. The first-order chi connectivity index (χ1) is 14.3. The molecule has 30 heavy (non-hydrogen) atoms. The lowest BCUT2D eigenvalue weighted by molar-refractivity contribution is 0.0175. The van der Waals surface area contributed by atoms with E-state index in [1.54, 1.807) is 18.3 Å². The Morgan fingerprint density at radius 2 is 1.97 bits per heavy atom. The van der Waals surface area contributed by atoms with Gasteiger partial charge in [-0.2, -0.15) is 0 Å². The number of nitrogens with one attached hydrogen (secondary N) is 1. The van der Waals surface area contributed by atoms with Crippen LogP contribution in [0.15, 0.2) is 53.3 Å². The van der Waals surface area contributed by atoms with Gasteiger partial charge in [0, 0.05) is 43.9 Å². The highest BCUT2D eigenvalue weighted by Gasteiger charge is 2.24. The van der Waals surface area contributed by atoms with Gasteiger partial charge in [-0.15, -0.1) is 12.3 Å². The standard InChI is InChI=1S/C25H35F2N3/c1-7-11-20(5)19-30(18-10-4)24(28-17-9-3)23(12-8-2)29-22-15-13-21(14-16-22)25(6,26)27/h1,9,12-17,20,29H,8,10-11,18-19H2,2-6H3/b17-9-,23-12-,28-24+. The van der Waals surface area contributed by atoms with Gasteiger partial charge >= 0.3 is 0 Å². The number of amidine groups is 1. The lowest BCUT2D eigenvalue weighted by Gasteiger charge is -2.30. The average molecular weight is 416 g/mol. The summed E-state index contributed by atoms with van der Waals surface area (Å²) in [6.45, 7) is 10.8. The van der Waals surface area contributed by atoms with Gasteiger partial charge in [-0.05, 0) is 37.8 Å². The van der Waals surface area contributed by atoms with Crippen LogP contribution in [0.5, 0.6) is 0 Å². The highest BCUT2D eigenvalue weighted by atomic mass is 19.3. The Bertz CT molecular complexity index is 765. The summed E-state index contributed by atoms with van der Waals surface area (Å²) in [4.78, 5) is 6.95. The molecule has 0 fully saturated rings. The molecule has 5 heteroatoms. The Balaban J connectivity index is 3.25. The highest BCUT2D eigenvalue weighted by molar-refractivity contribution is 6.01. The molecule has 1 unspecified atom stereocenters. The predicted octanol–water partition coefficient (Wildman–Crippen LogP) is 6.81. The second-order valence-electron chi connectivity index (χ2n) is 7.51. The quantitative estimate of drug-likeness (QED) is 0.244. The lowest BCUT2D eigenvalue weighted by Crippen LogP contribution is -2.38. The molecule has 1 N–H and O–H groups in total. The van der Waals surface area contributed by atoms with Crippen LogP contribution in [0, 0.1) is 18.3 Å². The molecule has 1 aromatic carbocycles. The van der Waals surface area contributed by atoms with Gasteiger partial charge in [-0.1, -0.05) is 45.1 Å². The van der Waals surface area contributed by atoms with Gasteiger partial charge in [0.15, 0.2) is 5.84 Å². The molecule has 0 heterocycles. The summed E-state index contributed by atoms with van der Waals surface area (Å²) >= 11 is 0. The topological polar surface area (TPSA) is 27.6 Å². The zero-order valence-corrected chi connectivity index (χ0v) is 18.9. The Labute approximate surface area is 181 Å². The summed E-state index contributed by atoms with van der Waals surface area (Å²) in [5.74, 6) is 1.03. The fraction of sp³-hybridized carbons (Fsp3) is 0.480. The molecule has 0 saturated carbocycles. The van der Waals surface area contributed by atoms with E-state index < -0.39 is 5.92 Å². The largest absolute Gasteiger partial charge is 0.355 e. The first-order valence-electron chi connectivity index (χ1n) is 10.6. The second kappa shape index (κ2) is 12.8. The van der Waals surface area contributed by atoms with Crippen molar-refractivity contribution in [1.82, 2.24) is 4.90 Å². The Hall–Kier alpha value is -2.61. The minimum absolute atomic E-state index is 0.00685. The van der Waals surface area contributed by atoms with Gasteiger partial charge < -0.3 is 10.2 Å². The molecule has 0 spiro atoms. The molecule has 1 rings (SSSR count). The van der Waals surface area contributed by atoms with Crippen molar-refractivity contribution in [3.8, 4) is 12.3 Å². The van der Waals surface area contributed by atoms with Gasteiger partial charge in [-0.3, -0.25) is 0 Å². The molecule has 164 valence electrons. The average Bonchev–Trinajstić information content (AvgIpc) is 2.68. The van der Waals surface area contributed by atoms with Crippen LogP contribution in [0.3, 0.4) is 0 Å². The third-order valence-corrected chi connectivity index (χ3v) is 4.46. The van der Waals surface area contributed by atoms with Gasteiger partial charge in [0.1, 0.15) is 0 Å². The third-order valence-electron chi connectivity index (χ3n) is 4.46. The molecule has 3 nitrogen and oxygen atoms in total. The summed E-state index contributed by atoms with van der Waals surface area (Å²) in [6.07, 6.45) is 13.7. The fourth-order valence-electron chi connectivity index (χ4n) is 3.07. The Morgan fingerprint density at radius 1 is 1.30 bits per heavy atom. The molecule has 0 radical (unpaired) electrons. The molecule has 0 amide bonds. The van der Waals surface area contributed by atoms with E-state index in [2.05, 4.69) is 43.0 Å². The van der Waals surface area contributed by atoms with Crippen LogP contribution in [-0.2, 0) is 5.92 Å². The maximum Gasteiger partial charge on any atom is 0.270 e. The van der Waals surface area contributed by atoms with Gasteiger partial charge in [0.2, 0.25) is 0 Å². The number of anilines is 1. The van der Waals surface area contributed by atoms with Crippen LogP contribution in [-0.4, -0.2) is 23.8 Å². The van der Waals surface area contributed by atoms with Crippen LogP contribution in [0.4, 0.5) is 14.5 Å². The van der Waals surface area contributed by atoms with E-state index in [0.29, 0.717) is 12.3 Å². The molecular weight excluding hydrogens is 380 g/mol. The number of rotatable bonds is 11. The van der Waals surface area contributed by atoms with Crippen LogP contribution in [0.1, 0.15) is 59.4 Å². The SMILES string of the molecule is C#CCC(C)CN(CCC)C(=N/C=C\C)/C(=C/CC)Nc1ccc(C(C)(F)F)cc1. The van der Waals surface area contributed by atoms with E-state index in [0.717, 1.165) is 50.1 Å². The van der Waals surface area contributed by atoms with E-state index in [1.165, 1.54) is 12.1 Å². The number of aliphatic imine (C=N–C) groups is 1. The van der Waals surface area contributed by atoms with Crippen LogP contribution < -0.4 is 5.32 Å². The van der Waals surface area contributed by atoms with E-state index in [9.17, 15) is 8.78 Å². The first-order valence-corrected chi connectivity index (χ1v) is 10.6. The molecule has 1 aromatic rings. The smallest absolute Gasteiger partial charge is 0.270 e. The molecule has 0 bridgehead atoms. The number of halogens is 2. The number of terminal acetylenes is 1. The molecule has 0 aromatic heterocycles. The zero-order valence-electron chi connectivity index (χ0n) is 18.9. The monoisotopic (exact) mass is 415 g/mol. The summed E-state index contributed by atoms with van der Waals surface area (Å²) in [7, 11) is 0. The van der Waals surface area contributed by atoms with Crippen LogP contribution >= 0.6 is 0 Å². The lowest BCUT2D eigenvalue weighted by atomic mass is 10.1. The molecule has 0 aliphatic rings. The zero-order chi connectivity index (χ0) is 22.6. The van der Waals surface area contributed by atoms with Crippen molar-refractivity contribution >= 4 is 11.5 Å². The van der Waals surface area contributed by atoms with Gasteiger partial charge in [0.25, 0.3) is 5.92 Å². The number of nitrogens with zero attached hydrogens (tertiary/aromatic N) is 2. The minimum Gasteiger partial charge on any atom is -0.355 e. The molecule has 0 aliphatic carbocycles. The van der Waals surface area contributed by atoms with E-state index >= 15 is 0 Å². The number of alkyl halides is 2. The van der Waals surface area contributed by atoms with Crippen molar-refractivity contribution in [2.24, 2.45) is 10.9 Å². The summed E-state index contributed by atoms with van der Waals surface area (Å²) in [5.41, 5.74) is 1.59. The normalized spacial score (nSPS) is 13.9. The Morgan fingerprint density at radius 3 is 2.47 bits per heavy atom. The van der Waals surface area contributed by atoms with E-state index in [1.807, 2.05) is 13.0 Å². The van der Waals surface area contributed by atoms with Crippen molar-refractivity contribution in [2.45, 2.75) is 59.8 Å². The summed E-state index contributed by atoms with van der Waals surface area (Å²) in [5, 5.41) is 3.38. The molecule has 0 aliphatic heterocycles. The van der Waals surface area contributed by atoms with Gasteiger partial charge in [-0.25, -0.2) is 13.8 Å². The van der Waals surface area contributed by atoms with Crippen molar-refractivity contribution in [3.05, 3.63) is 53.9 Å². The van der Waals surface area contributed by atoms with Crippen LogP contribution in [0.25, 0.3) is 0 Å². The highest BCUT2D eigenvalue weighted by Crippen LogP contribution is 2.28. The molecule has 0 saturated heterocycles. The number of benzene rings is 1. The fourth-order valence-corrected chi connectivity index (χ4v) is 3.07. The predicted molar refractivity (Wildman–Crippen MR) is 125 cm³/mol. The third kappa shape index (κ3) is 8.41. The number of allylic oxidation sites excluding steroid dienone is 2. The summed E-state index contributed by atoms with van der Waals surface area (Å²) in [6, 6.07) is 6.25. The van der Waals surface area contributed by atoms with Gasteiger partial charge in [0.05, 0.1) is 5.70 Å². The van der Waals surface area contributed by atoms with E-state index in [-0.39, 0.29) is 5.56 Å². The van der Waals surface area contributed by atoms with Crippen molar-refractivity contribution in [1.29, 1.82) is 0 Å². The first kappa shape index (κ1) is 25.4. The number of hydrogen-bond donors (Lipinski definition) is 1. The maximum absolute atomic E-state index is 13.5. The minimum atomic E-state index is -2.86.